The van der Waals surface area contributed by atoms with Crippen molar-refractivity contribution in [3.05, 3.63) is 18.3 Å². The molecule has 0 bridgehead atoms. The van der Waals surface area contributed by atoms with E-state index in [1.165, 1.54) is 5.46 Å². The predicted octanol–water partition coefficient (Wildman–Crippen LogP) is -0.433. The highest BCUT2D eigenvalue weighted by Gasteiger charge is 2.10. The van der Waals surface area contributed by atoms with Crippen LogP contribution in [0, 0.1) is 0 Å². The van der Waals surface area contributed by atoms with Gasteiger partial charge in [0.25, 0.3) is 0 Å². The minimum absolute atomic E-state index is 0.815. The van der Waals surface area contributed by atoms with Gasteiger partial charge in [-0.1, -0.05) is 11.5 Å². The number of hydrogen-bond acceptors (Lipinski definition) is 3. The van der Waals surface area contributed by atoms with Gasteiger partial charge >= 0.3 is 0 Å². The van der Waals surface area contributed by atoms with Crippen molar-refractivity contribution in [3.63, 3.8) is 0 Å². The number of ether oxygens (including phenoxy) is 1. The van der Waals surface area contributed by atoms with Crippen molar-refractivity contribution in [3.8, 4) is 0 Å². The van der Waals surface area contributed by atoms with Gasteiger partial charge in [-0.15, -0.1) is 0 Å². The highest BCUT2D eigenvalue weighted by atomic mass is 16.5. The molecule has 1 saturated heterocycles. The molecule has 0 N–H and O–H groups in total. The van der Waals surface area contributed by atoms with Crippen LogP contribution in [0.5, 0.6) is 0 Å². The quantitative estimate of drug-likeness (QED) is 0.561. The summed E-state index contributed by atoms with van der Waals surface area (Å²) < 4.78 is 5.40. The first kappa shape index (κ1) is 9.53. The number of rotatable bonds is 1. The summed E-state index contributed by atoms with van der Waals surface area (Å²) in [5, 5.41) is 0. The lowest BCUT2D eigenvalue weighted by Gasteiger charge is -2.20. The summed E-state index contributed by atoms with van der Waals surface area (Å²) in [6.45, 7) is 3.70. The van der Waals surface area contributed by atoms with E-state index in [0.717, 1.165) is 38.5 Å². The minimum Gasteiger partial charge on any atom is -0.380 e. The van der Waals surface area contributed by atoms with Crippen LogP contribution in [0.4, 0.5) is 5.82 Å². The van der Waals surface area contributed by atoms with Gasteiger partial charge < -0.3 is 9.64 Å². The molecular formula is C10H15BN2O. The summed E-state index contributed by atoms with van der Waals surface area (Å²) in [4.78, 5) is 6.70. The van der Waals surface area contributed by atoms with Gasteiger partial charge in [0.1, 0.15) is 13.7 Å². The molecule has 0 unspecified atom stereocenters. The Morgan fingerprint density at radius 1 is 1.29 bits per heavy atom. The Balaban J connectivity index is 2.08. The fraction of sp³-hybridized carbons (Fsp3) is 0.500. The number of pyridine rings is 1. The lowest BCUT2D eigenvalue weighted by atomic mass is 9.99. The van der Waals surface area contributed by atoms with Crippen LogP contribution in [-0.4, -0.2) is 39.1 Å². The largest absolute Gasteiger partial charge is 0.380 e. The zero-order chi connectivity index (χ0) is 9.80. The first-order valence-electron chi connectivity index (χ1n) is 5.11. The molecule has 0 radical (unpaired) electrons. The van der Waals surface area contributed by atoms with E-state index < -0.39 is 0 Å². The first-order valence-corrected chi connectivity index (χ1v) is 5.11. The predicted molar refractivity (Wildman–Crippen MR) is 60.1 cm³/mol. The summed E-state index contributed by atoms with van der Waals surface area (Å²) in [5.74, 6) is 1.07. The van der Waals surface area contributed by atoms with Crippen molar-refractivity contribution < 1.29 is 4.74 Å². The van der Waals surface area contributed by atoms with E-state index in [4.69, 9.17) is 4.74 Å². The third-order valence-electron chi connectivity index (χ3n) is 2.44. The summed E-state index contributed by atoms with van der Waals surface area (Å²) in [5.41, 5.74) is 1.21. The Morgan fingerprint density at radius 3 is 3.00 bits per heavy atom. The van der Waals surface area contributed by atoms with Gasteiger partial charge in [-0.2, -0.15) is 0 Å². The number of hydrogen-bond donors (Lipinski definition) is 0. The molecule has 1 aliphatic rings. The van der Waals surface area contributed by atoms with E-state index >= 15 is 0 Å². The van der Waals surface area contributed by atoms with Gasteiger partial charge in [0, 0.05) is 25.9 Å². The normalized spacial score (nSPS) is 17.9. The number of nitrogens with zero attached hydrogens (tertiary/aromatic N) is 2. The van der Waals surface area contributed by atoms with E-state index in [9.17, 15) is 0 Å². The highest BCUT2D eigenvalue weighted by molar-refractivity contribution is 6.32. The molecule has 14 heavy (non-hydrogen) atoms. The van der Waals surface area contributed by atoms with Gasteiger partial charge in [0.15, 0.2) is 0 Å². The summed E-state index contributed by atoms with van der Waals surface area (Å²) >= 11 is 0. The molecule has 0 saturated carbocycles. The van der Waals surface area contributed by atoms with Crippen LogP contribution >= 0.6 is 0 Å². The molecule has 4 heteroatoms. The third kappa shape index (κ3) is 2.26. The molecule has 1 aliphatic heterocycles. The van der Waals surface area contributed by atoms with E-state index in [1.807, 2.05) is 6.20 Å². The Morgan fingerprint density at radius 2 is 2.21 bits per heavy atom. The molecule has 3 nitrogen and oxygen atoms in total. The summed E-state index contributed by atoms with van der Waals surface area (Å²) in [6.07, 6.45) is 3.01. The highest BCUT2D eigenvalue weighted by Crippen LogP contribution is 2.10. The van der Waals surface area contributed by atoms with Crippen LogP contribution in [0.15, 0.2) is 18.3 Å². The lowest BCUT2D eigenvalue weighted by Crippen LogP contribution is -2.27. The molecule has 1 aromatic rings. The SMILES string of the molecule is Bc1ccc(N2CCCOCC2)nc1. The van der Waals surface area contributed by atoms with Crippen molar-refractivity contribution >= 4 is 19.1 Å². The van der Waals surface area contributed by atoms with Gasteiger partial charge in [-0.3, -0.25) is 0 Å². The average molecular weight is 190 g/mol. The standard InChI is InChI=1S/C10H15BN2O/c11-9-2-3-10(12-8-9)13-4-1-6-14-7-5-13/h2-3,8H,1,4-7,11H2. The molecule has 2 rings (SSSR count). The van der Waals surface area contributed by atoms with Crippen molar-refractivity contribution in [2.24, 2.45) is 0 Å². The zero-order valence-corrected chi connectivity index (χ0v) is 8.57. The molecule has 0 spiro atoms. The Hall–Kier alpha value is -1.03. The topological polar surface area (TPSA) is 25.4 Å². The van der Waals surface area contributed by atoms with Crippen LogP contribution in [-0.2, 0) is 4.74 Å². The zero-order valence-electron chi connectivity index (χ0n) is 8.57. The Labute approximate surface area is 85.5 Å². The van der Waals surface area contributed by atoms with Crippen LogP contribution in [0.25, 0.3) is 0 Å². The summed E-state index contributed by atoms with van der Waals surface area (Å²) in [6, 6.07) is 4.19. The van der Waals surface area contributed by atoms with Crippen molar-refractivity contribution in [1.82, 2.24) is 4.98 Å². The smallest absolute Gasteiger partial charge is 0.141 e. The van der Waals surface area contributed by atoms with Gasteiger partial charge in [0.05, 0.1) is 6.61 Å². The van der Waals surface area contributed by atoms with Crippen LogP contribution in [0.2, 0.25) is 0 Å². The molecule has 0 aromatic carbocycles. The second kappa shape index (κ2) is 4.46. The van der Waals surface area contributed by atoms with Crippen molar-refractivity contribution in [2.75, 3.05) is 31.2 Å². The minimum atomic E-state index is 0.815. The van der Waals surface area contributed by atoms with E-state index in [1.54, 1.807) is 0 Å². The maximum absolute atomic E-state index is 5.40. The van der Waals surface area contributed by atoms with E-state index in [-0.39, 0.29) is 0 Å². The van der Waals surface area contributed by atoms with Crippen molar-refractivity contribution in [1.29, 1.82) is 0 Å². The van der Waals surface area contributed by atoms with Crippen molar-refractivity contribution in [2.45, 2.75) is 6.42 Å². The Kier molecular flexibility index (Phi) is 3.04. The van der Waals surface area contributed by atoms with E-state index in [2.05, 4.69) is 29.9 Å². The number of anilines is 1. The monoisotopic (exact) mass is 190 g/mol. The Bertz CT molecular complexity index is 281. The fourth-order valence-corrected chi connectivity index (χ4v) is 1.62. The molecule has 0 atom stereocenters. The fourth-order valence-electron chi connectivity index (χ4n) is 1.62. The first-order chi connectivity index (χ1) is 6.86. The maximum Gasteiger partial charge on any atom is 0.141 e. The average Bonchev–Trinajstić information content (AvgIpc) is 2.47. The van der Waals surface area contributed by atoms with Crippen LogP contribution in [0.1, 0.15) is 6.42 Å². The molecular weight excluding hydrogens is 175 g/mol. The number of aromatic nitrogens is 1. The van der Waals surface area contributed by atoms with Gasteiger partial charge in [-0.25, -0.2) is 4.98 Å². The van der Waals surface area contributed by atoms with Crippen LogP contribution in [0.3, 0.4) is 0 Å². The molecule has 2 heterocycles. The van der Waals surface area contributed by atoms with Gasteiger partial charge in [0.2, 0.25) is 0 Å². The molecule has 0 amide bonds. The molecule has 74 valence electrons. The molecule has 1 fully saturated rings. The van der Waals surface area contributed by atoms with Crippen LogP contribution < -0.4 is 10.4 Å². The summed E-state index contributed by atoms with van der Waals surface area (Å²) in [7, 11) is 2.06. The van der Waals surface area contributed by atoms with Gasteiger partial charge in [-0.05, 0) is 12.5 Å². The lowest BCUT2D eigenvalue weighted by molar-refractivity contribution is 0.152. The van der Waals surface area contributed by atoms with E-state index in [0.29, 0.717) is 0 Å². The molecule has 1 aromatic heterocycles. The maximum atomic E-state index is 5.40. The molecule has 0 aliphatic carbocycles. The third-order valence-corrected chi connectivity index (χ3v) is 2.44. The second-order valence-electron chi connectivity index (χ2n) is 3.65. The second-order valence-corrected chi connectivity index (χ2v) is 3.65.